The molecule has 3 aromatic rings. The van der Waals surface area contributed by atoms with Crippen LogP contribution in [0.5, 0.6) is 5.75 Å². The second kappa shape index (κ2) is 11.4. The van der Waals surface area contributed by atoms with Crippen LogP contribution in [0.4, 0.5) is 5.69 Å². The first-order chi connectivity index (χ1) is 15.7. The van der Waals surface area contributed by atoms with Crippen LogP contribution in [0.15, 0.2) is 59.7 Å². The number of halogens is 4. The summed E-state index contributed by atoms with van der Waals surface area (Å²) in [6, 6.07) is 14.6. The fraction of sp³-hybridized carbons (Fsp3) is 0.0870. The zero-order chi connectivity index (χ0) is 24.0. The van der Waals surface area contributed by atoms with Gasteiger partial charge in [-0.25, -0.2) is 5.43 Å². The molecule has 0 saturated carbocycles. The van der Waals surface area contributed by atoms with Gasteiger partial charge in [0.25, 0.3) is 11.8 Å². The Morgan fingerprint density at radius 2 is 1.61 bits per heavy atom. The van der Waals surface area contributed by atoms with Crippen molar-refractivity contribution in [2.24, 2.45) is 5.10 Å². The van der Waals surface area contributed by atoms with Gasteiger partial charge >= 0.3 is 0 Å². The average Bonchev–Trinajstić information content (AvgIpc) is 2.76. The zero-order valence-corrected chi connectivity index (χ0v) is 20.2. The monoisotopic (exact) mass is 523 g/mol. The molecule has 0 aliphatic rings. The van der Waals surface area contributed by atoms with Crippen LogP contribution in [0.25, 0.3) is 0 Å². The van der Waals surface area contributed by atoms with Gasteiger partial charge in [-0.05, 0) is 66.6 Å². The predicted molar refractivity (Wildman–Crippen MR) is 133 cm³/mol. The van der Waals surface area contributed by atoms with Gasteiger partial charge < -0.3 is 10.1 Å². The quantitative estimate of drug-likeness (QED) is 0.277. The highest BCUT2D eigenvalue weighted by molar-refractivity contribution is 6.37. The van der Waals surface area contributed by atoms with Crippen molar-refractivity contribution in [3.05, 3.63) is 91.4 Å². The van der Waals surface area contributed by atoms with Crippen molar-refractivity contribution >= 4 is 70.1 Å². The van der Waals surface area contributed by atoms with Crippen LogP contribution in [0, 0.1) is 6.92 Å². The van der Waals surface area contributed by atoms with Crippen molar-refractivity contribution in [3.63, 3.8) is 0 Å². The summed E-state index contributed by atoms with van der Waals surface area (Å²) < 4.78 is 5.49. The topological polar surface area (TPSA) is 79.8 Å². The molecule has 2 amide bonds. The third-order valence-electron chi connectivity index (χ3n) is 4.31. The Labute approximate surface area is 210 Å². The number of hydrogen-bond acceptors (Lipinski definition) is 4. The largest absolute Gasteiger partial charge is 0.481 e. The lowest BCUT2D eigenvalue weighted by atomic mass is 10.2. The Morgan fingerprint density at radius 1 is 0.939 bits per heavy atom. The van der Waals surface area contributed by atoms with E-state index in [2.05, 4.69) is 15.8 Å². The van der Waals surface area contributed by atoms with E-state index in [1.54, 1.807) is 54.6 Å². The molecule has 0 aliphatic heterocycles. The molecule has 0 heterocycles. The number of aryl methyl sites for hydroxylation is 1. The molecule has 3 rings (SSSR count). The zero-order valence-electron chi connectivity index (χ0n) is 17.2. The number of hydrogen-bond donors (Lipinski definition) is 2. The van der Waals surface area contributed by atoms with Crippen molar-refractivity contribution in [3.8, 4) is 5.75 Å². The van der Waals surface area contributed by atoms with Crippen LogP contribution in [-0.2, 0) is 4.79 Å². The van der Waals surface area contributed by atoms with E-state index in [9.17, 15) is 9.59 Å². The minimum atomic E-state index is -0.405. The lowest BCUT2D eigenvalue weighted by molar-refractivity contribution is -0.118. The van der Waals surface area contributed by atoms with Crippen LogP contribution in [0.3, 0.4) is 0 Å². The number of carbonyl (C=O) groups excluding carboxylic acids is 2. The number of nitrogens with one attached hydrogen (secondary N) is 2. The van der Waals surface area contributed by atoms with Crippen LogP contribution < -0.4 is 15.5 Å². The number of ether oxygens (including phenoxy) is 1. The van der Waals surface area contributed by atoms with Crippen LogP contribution >= 0.6 is 46.4 Å². The standard InChI is InChI=1S/C23H17Cl4N3O3/c1-13-2-7-17(10-18(13)25)29-21(31)12-33-22-19(26)8-14(9-20(22)27)11-28-30-23(32)15-3-5-16(24)6-4-15/h2-11H,12H2,1H3,(H,29,31)(H,30,32)/b28-11+. The summed E-state index contributed by atoms with van der Waals surface area (Å²) in [5.41, 5.74) is 4.77. The Balaban J connectivity index is 1.58. The fourth-order valence-electron chi connectivity index (χ4n) is 2.63. The molecule has 0 saturated heterocycles. The minimum Gasteiger partial charge on any atom is -0.481 e. The Morgan fingerprint density at radius 3 is 2.24 bits per heavy atom. The van der Waals surface area contributed by atoms with E-state index in [4.69, 9.17) is 51.1 Å². The van der Waals surface area contributed by atoms with E-state index in [1.807, 2.05) is 6.92 Å². The lowest BCUT2D eigenvalue weighted by Gasteiger charge is -2.11. The maximum Gasteiger partial charge on any atom is 0.271 e. The van der Waals surface area contributed by atoms with Crippen molar-refractivity contribution < 1.29 is 14.3 Å². The summed E-state index contributed by atoms with van der Waals surface area (Å²) in [5, 5.41) is 8.01. The molecule has 10 heteroatoms. The van der Waals surface area contributed by atoms with E-state index in [1.165, 1.54) is 6.21 Å². The number of benzene rings is 3. The van der Waals surface area contributed by atoms with Gasteiger partial charge in [-0.2, -0.15) is 5.10 Å². The molecular formula is C23H17Cl4N3O3. The number of nitrogens with zero attached hydrogens (tertiary/aromatic N) is 1. The second-order valence-corrected chi connectivity index (χ2v) is 8.48. The Hall–Kier alpha value is -2.77. The summed E-state index contributed by atoms with van der Waals surface area (Å²) in [7, 11) is 0. The number of anilines is 1. The Bertz CT molecular complexity index is 1190. The maximum atomic E-state index is 12.2. The number of rotatable bonds is 7. The van der Waals surface area contributed by atoms with Crippen LogP contribution in [-0.4, -0.2) is 24.6 Å². The highest BCUT2D eigenvalue weighted by atomic mass is 35.5. The number of amides is 2. The molecule has 170 valence electrons. The van der Waals surface area contributed by atoms with Crippen molar-refractivity contribution in [1.82, 2.24) is 5.43 Å². The summed E-state index contributed by atoms with van der Waals surface area (Å²) in [6.45, 7) is 1.55. The van der Waals surface area contributed by atoms with E-state index in [0.29, 0.717) is 26.9 Å². The summed E-state index contributed by atoms with van der Waals surface area (Å²) in [5.74, 6) is -0.656. The summed E-state index contributed by atoms with van der Waals surface area (Å²) in [6.07, 6.45) is 1.38. The molecule has 0 radical (unpaired) electrons. The van der Waals surface area contributed by atoms with Gasteiger partial charge in [-0.3, -0.25) is 9.59 Å². The van der Waals surface area contributed by atoms with Gasteiger partial charge in [0.05, 0.1) is 16.3 Å². The molecule has 0 aromatic heterocycles. The van der Waals surface area contributed by atoms with Crippen molar-refractivity contribution in [2.45, 2.75) is 6.92 Å². The van der Waals surface area contributed by atoms with E-state index >= 15 is 0 Å². The molecular weight excluding hydrogens is 508 g/mol. The predicted octanol–water partition coefficient (Wildman–Crippen LogP) is 6.39. The first kappa shape index (κ1) is 24.9. The number of carbonyl (C=O) groups is 2. The van der Waals surface area contributed by atoms with Crippen LogP contribution in [0.2, 0.25) is 20.1 Å². The molecule has 6 nitrogen and oxygen atoms in total. The molecule has 0 atom stereocenters. The van der Waals surface area contributed by atoms with E-state index < -0.39 is 11.8 Å². The molecule has 33 heavy (non-hydrogen) atoms. The third kappa shape index (κ3) is 7.11. The van der Waals surface area contributed by atoms with Gasteiger partial charge in [-0.1, -0.05) is 52.5 Å². The fourth-order valence-corrected chi connectivity index (χ4v) is 3.55. The molecule has 0 spiro atoms. The van der Waals surface area contributed by atoms with E-state index in [-0.39, 0.29) is 22.4 Å². The highest BCUT2D eigenvalue weighted by Crippen LogP contribution is 2.34. The summed E-state index contributed by atoms with van der Waals surface area (Å²) in [4.78, 5) is 24.2. The highest BCUT2D eigenvalue weighted by Gasteiger charge is 2.12. The smallest absolute Gasteiger partial charge is 0.271 e. The van der Waals surface area contributed by atoms with Gasteiger partial charge in [-0.15, -0.1) is 0 Å². The molecule has 2 N–H and O–H groups in total. The molecule has 0 unspecified atom stereocenters. The van der Waals surface area contributed by atoms with Gasteiger partial charge in [0.1, 0.15) is 0 Å². The number of hydrazone groups is 1. The minimum absolute atomic E-state index is 0.151. The molecule has 0 fully saturated rings. The van der Waals surface area contributed by atoms with Gasteiger partial charge in [0, 0.05) is 21.3 Å². The van der Waals surface area contributed by atoms with Crippen LogP contribution in [0.1, 0.15) is 21.5 Å². The molecule has 0 bridgehead atoms. The van der Waals surface area contributed by atoms with Crippen molar-refractivity contribution in [1.29, 1.82) is 0 Å². The SMILES string of the molecule is Cc1ccc(NC(=O)COc2c(Cl)cc(/C=N/NC(=O)c3ccc(Cl)cc3)cc2Cl)cc1Cl. The van der Waals surface area contributed by atoms with E-state index in [0.717, 1.165) is 5.56 Å². The third-order valence-corrected chi connectivity index (χ3v) is 5.53. The molecule has 3 aromatic carbocycles. The van der Waals surface area contributed by atoms with Gasteiger partial charge in [0.15, 0.2) is 12.4 Å². The average molecular weight is 525 g/mol. The first-order valence-corrected chi connectivity index (χ1v) is 11.0. The van der Waals surface area contributed by atoms with Crippen molar-refractivity contribution in [2.75, 3.05) is 11.9 Å². The maximum absolute atomic E-state index is 12.2. The first-order valence-electron chi connectivity index (χ1n) is 9.50. The summed E-state index contributed by atoms with van der Waals surface area (Å²) >= 11 is 24.4. The normalized spacial score (nSPS) is 10.8. The second-order valence-electron chi connectivity index (χ2n) is 6.82. The Kier molecular flexibility index (Phi) is 8.58. The lowest BCUT2D eigenvalue weighted by Crippen LogP contribution is -2.20. The molecule has 0 aliphatic carbocycles. The van der Waals surface area contributed by atoms with Gasteiger partial charge in [0.2, 0.25) is 0 Å².